The van der Waals surface area contributed by atoms with Gasteiger partial charge in [0, 0.05) is 6.42 Å². The largest absolute Gasteiger partial charge is 0.508 e. The average Bonchev–Trinajstić information content (AvgIpc) is 3.00. The van der Waals surface area contributed by atoms with Crippen molar-refractivity contribution in [3.8, 4) is 5.75 Å². The summed E-state index contributed by atoms with van der Waals surface area (Å²) in [5, 5.41) is 28.7. The smallest absolute Gasteiger partial charge is 0.326 e. The number of carboxylic acids is 1. The molecule has 0 aliphatic carbocycles. The Morgan fingerprint density at radius 1 is 0.766 bits per heavy atom. The van der Waals surface area contributed by atoms with Gasteiger partial charge in [0.25, 0.3) is 0 Å². The van der Waals surface area contributed by atoms with Gasteiger partial charge in [-0.15, -0.1) is 0 Å². The Bertz CT molecular complexity index is 1240. The molecule has 6 atom stereocenters. The molecular weight excluding hydrogens is 616 g/mol. The van der Waals surface area contributed by atoms with E-state index in [9.17, 15) is 43.8 Å². The van der Waals surface area contributed by atoms with Crippen LogP contribution in [0.2, 0.25) is 0 Å². The van der Waals surface area contributed by atoms with Gasteiger partial charge in [-0.3, -0.25) is 28.8 Å². The summed E-state index contributed by atoms with van der Waals surface area (Å²) in [6.07, 6.45) is 0.221. The fourth-order valence-corrected chi connectivity index (χ4v) is 4.46. The molecule has 0 aliphatic heterocycles. The number of unbranched alkanes of at least 4 members (excludes halogenated alkanes) is 1. The minimum atomic E-state index is -1.51. The summed E-state index contributed by atoms with van der Waals surface area (Å²) < 4.78 is 0. The lowest BCUT2D eigenvalue weighted by Gasteiger charge is -2.28. The highest BCUT2D eigenvalue weighted by Gasteiger charge is 2.34. The van der Waals surface area contributed by atoms with Crippen LogP contribution in [0.25, 0.3) is 0 Å². The SMILES string of the molecule is CCC(C)C(NC(=O)C(CC(N)=O)NC(=O)C(N)Cc1ccc(O)cc1)C(=O)NC(CCC(N)=O)C(=O)NC(CCCCN)C(=O)O. The number of nitrogens with two attached hydrogens (primary N) is 4. The highest BCUT2D eigenvalue weighted by Crippen LogP contribution is 2.13. The van der Waals surface area contributed by atoms with E-state index in [1.807, 2.05) is 0 Å². The molecule has 17 heteroatoms. The van der Waals surface area contributed by atoms with Gasteiger partial charge >= 0.3 is 5.97 Å². The fourth-order valence-electron chi connectivity index (χ4n) is 4.46. The molecule has 0 heterocycles. The van der Waals surface area contributed by atoms with E-state index >= 15 is 0 Å². The number of rotatable bonds is 22. The van der Waals surface area contributed by atoms with Crippen LogP contribution in [0.5, 0.6) is 5.75 Å². The van der Waals surface area contributed by atoms with Gasteiger partial charge in [-0.2, -0.15) is 0 Å². The van der Waals surface area contributed by atoms with E-state index in [-0.39, 0.29) is 31.4 Å². The van der Waals surface area contributed by atoms with Gasteiger partial charge in [0.2, 0.25) is 35.4 Å². The number of amides is 6. The molecule has 1 rings (SSSR count). The summed E-state index contributed by atoms with van der Waals surface area (Å²) in [4.78, 5) is 87.8. The third-order valence-electron chi connectivity index (χ3n) is 7.43. The van der Waals surface area contributed by atoms with Crippen LogP contribution in [-0.4, -0.2) is 88.4 Å². The zero-order valence-corrected chi connectivity index (χ0v) is 26.7. The molecule has 0 saturated heterocycles. The lowest BCUT2D eigenvalue weighted by atomic mass is 9.96. The van der Waals surface area contributed by atoms with Crippen molar-refractivity contribution in [3.05, 3.63) is 29.8 Å². The third kappa shape index (κ3) is 14.9. The van der Waals surface area contributed by atoms with Gasteiger partial charge in [0.15, 0.2) is 0 Å². The molecule has 0 spiro atoms. The molecule has 0 bridgehead atoms. The van der Waals surface area contributed by atoms with E-state index in [1.165, 1.54) is 12.1 Å². The first-order valence-electron chi connectivity index (χ1n) is 15.3. The first-order valence-corrected chi connectivity index (χ1v) is 15.3. The van der Waals surface area contributed by atoms with Crippen molar-refractivity contribution in [2.45, 2.75) is 95.4 Å². The summed E-state index contributed by atoms with van der Waals surface area (Å²) >= 11 is 0. The monoisotopic (exact) mass is 664 g/mol. The number of nitrogens with one attached hydrogen (secondary N) is 4. The fraction of sp³-hybridized carbons (Fsp3) is 0.567. The number of phenolic OH excluding ortho intramolecular Hbond substituents is 1. The second-order valence-electron chi connectivity index (χ2n) is 11.3. The lowest BCUT2D eigenvalue weighted by Crippen LogP contribution is -2.60. The first kappa shape index (κ1) is 40.3. The molecule has 0 radical (unpaired) electrons. The topological polar surface area (TPSA) is 312 Å². The predicted octanol–water partition coefficient (Wildman–Crippen LogP) is -2.40. The van der Waals surface area contributed by atoms with E-state index in [1.54, 1.807) is 26.0 Å². The number of primary amides is 2. The zero-order chi connectivity index (χ0) is 35.7. The van der Waals surface area contributed by atoms with Crippen molar-refractivity contribution in [3.63, 3.8) is 0 Å². The number of carboxylic acid groups (broad SMARTS) is 1. The predicted molar refractivity (Wildman–Crippen MR) is 170 cm³/mol. The number of phenols is 1. The maximum Gasteiger partial charge on any atom is 0.326 e. The van der Waals surface area contributed by atoms with Gasteiger partial charge in [0.05, 0.1) is 12.5 Å². The first-order chi connectivity index (χ1) is 22.1. The van der Waals surface area contributed by atoms with E-state index in [0.717, 1.165) is 0 Å². The Morgan fingerprint density at radius 3 is 1.87 bits per heavy atom. The Kier molecular flexibility index (Phi) is 17.4. The van der Waals surface area contributed by atoms with E-state index in [4.69, 9.17) is 22.9 Å². The van der Waals surface area contributed by atoms with Gasteiger partial charge in [-0.25, -0.2) is 4.79 Å². The van der Waals surface area contributed by atoms with Crippen LogP contribution in [-0.2, 0) is 40.0 Å². The number of benzene rings is 1. The number of carbonyl (C=O) groups is 7. The second kappa shape index (κ2) is 20.4. The van der Waals surface area contributed by atoms with Crippen LogP contribution in [0.3, 0.4) is 0 Å². The normalized spacial score (nSPS) is 14.7. The Morgan fingerprint density at radius 2 is 1.34 bits per heavy atom. The van der Waals surface area contributed by atoms with Gasteiger partial charge in [-0.1, -0.05) is 32.4 Å². The molecular formula is C30H48N8O9. The highest BCUT2D eigenvalue weighted by atomic mass is 16.4. The minimum absolute atomic E-state index is 0.0208. The van der Waals surface area contributed by atoms with Crippen LogP contribution >= 0.6 is 0 Å². The maximum absolute atomic E-state index is 13.5. The van der Waals surface area contributed by atoms with Gasteiger partial charge in [0.1, 0.15) is 29.9 Å². The lowest BCUT2D eigenvalue weighted by molar-refractivity contribution is -0.142. The number of hydrogen-bond acceptors (Lipinski definition) is 10. The number of carbonyl (C=O) groups excluding carboxylic acids is 6. The van der Waals surface area contributed by atoms with Crippen LogP contribution in [0.1, 0.15) is 64.4 Å². The number of aromatic hydroxyl groups is 1. The molecule has 17 nitrogen and oxygen atoms in total. The average molecular weight is 665 g/mol. The summed E-state index contributed by atoms with van der Waals surface area (Å²) in [5.74, 6) is -6.96. The molecule has 1 aromatic carbocycles. The quantitative estimate of drug-likeness (QED) is 0.0583. The molecule has 47 heavy (non-hydrogen) atoms. The Balaban J connectivity index is 3.14. The van der Waals surface area contributed by atoms with Gasteiger partial charge in [-0.05, 0) is 62.3 Å². The highest BCUT2D eigenvalue weighted by molar-refractivity contribution is 5.97. The van der Waals surface area contributed by atoms with Crippen molar-refractivity contribution >= 4 is 41.4 Å². The summed E-state index contributed by atoms with van der Waals surface area (Å²) in [7, 11) is 0. The van der Waals surface area contributed by atoms with E-state index in [0.29, 0.717) is 31.4 Å². The van der Waals surface area contributed by atoms with Crippen molar-refractivity contribution in [2.75, 3.05) is 6.54 Å². The van der Waals surface area contributed by atoms with Crippen LogP contribution in [0.15, 0.2) is 24.3 Å². The number of hydrogen-bond donors (Lipinski definition) is 10. The van der Waals surface area contributed by atoms with Gasteiger partial charge < -0.3 is 54.4 Å². The summed E-state index contributed by atoms with van der Waals surface area (Å²) in [6, 6.07) is -0.680. The minimum Gasteiger partial charge on any atom is -0.508 e. The van der Waals surface area contributed by atoms with Crippen molar-refractivity contribution in [1.82, 2.24) is 21.3 Å². The standard InChI is InChI=1S/C30H48N8O9/c1-3-16(2)25(29(45)35-20(11-12-23(33)40)27(43)36-21(30(46)47)6-4-5-13-31)38-28(44)22(15-24(34)41)37-26(42)19(32)14-17-7-9-18(39)10-8-17/h7-10,16,19-22,25,39H,3-6,11-15,31-32H2,1-2H3,(H2,33,40)(H2,34,41)(H,35,45)(H,36,43)(H,37,42)(H,38,44)(H,46,47). The van der Waals surface area contributed by atoms with Crippen LogP contribution < -0.4 is 44.2 Å². The molecule has 6 unspecified atom stereocenters. The number of aliphatic carboxylic acids is 1. The zero-order valence-electron chi connectivity index (χ0n) is 26.7. The molecule has 0 aromatic heterocycles. The molecule has 262 valence electrons. The van der Waals surface area contributed by atoms with Crippen molar-refractivity contribution < 1.29 is 43.8 Å². The maximum atomic E-state index is 13.5. The summed E-state index contributed by atoms with van der Waals surface area (Å²) in [5.41, 5.74) is 22.6. The second-order valence-corrected chi connectivity index (χ2v) is 11.3. The third-order valence-corrected chi connectivity index (χ3v) is 7.43. The summed E-state index contributed by atoms with van der Waals surface area (Å²) in [6.45, 7) is 3.70. The van der Waals surface area contributed by atoms with Crippen molar-refractivity contribution in [2.24, 2.45) is 28.9 Å². The Hall–Kier alpha value is -4.77. The van der Waals surface area contributed by atoms with Crippen LogP contribution in [0, 0.1) is 5.92 Å². The molecule has 14 N–H and O–H groups in total. The molecule has 0 fully saturated rings. The molecule has 0 aliphatic rings. The van der Waals surface area contributed by atoms with E-state index < -0.39 is 84.0 Å². The van der Waals surface area contributed by atoms with E-state index in [2.05, 4.69) is 21.3 Å². The van der Waals surface area contributed by atoms with Crippen LogP contribution in [0.4, 0.5) is 0 Å². The molecule has 1 aromatic rings. The molecule has 6 amide bonds. The van der Waals surface area contributed by atoms with Crippen molar-refractivity contribution in [1.29, 1.82) is 0 Å². The molecule has 0 saturated carbocycles. The Labute approximate surface area is 272 Å².